The third kappa shape index (κ3) is 4.31. The van der Waals surface area contributed by atoms with E-state index in [-0.39, 0.29) is 17.3 Å². The minimum atomic E-state index is -3.22. The maximum atomic E-state index is 12.3. The summed E-state index contributed by atoms with van der Waals surface area (Å²) >= 11 is 0. The zero-order chi connectivity index (χ0) is 18.0. The van der Waals surface area contributed by atoms with Crippen LogP contribution in [0, 0.1) is 6.92 Å². The molecule has 7 nitrogen and oxygen atoms in total. The lowest BCUT2D eigenvalue weighted by Crippen LogP contribution is -2.11. The zero-order valence-electron chi connectivity index (χ0n) is 14.4. The largest absolute Gasteiger partial charge is 0.455 e. The molecule has 0 aromatic carbocycles. The van der Waals surface area contributed by atoms with E-state index in [4.69, 9.17) is 8.94 Å². The van der Waals surface area contributed by atoms with E-state index >= 15 is 0 Å². The lowest BCUT2D eigenvalue weighted by Gasteiger charge is -2.19. The molecule has 0 aliphatic heterocycles. The second kappa shape index (κ2) is 7.03. The van der Waals surface area contributed by atoms with Crippen LogP contribution in [0.5, 0.6) is 0 Å². The highest BCUT2D eigenvalue weighted by molar-refractivity contribution is 7.89. The number of carbonyl (C=O) groups is 1. The van der Waals surface area contributed by atoms with Crippen molar-refractivity contribution in [3.05, 3.63) is 34.9 Å². The van der Waals surface area contributed by atoms with Crippen LogP contribution in [0.4, 0.5) is 5.88 Å². The SMILES string of the molecule is Cc1c(C2CCCCC2)noc1NC(=O)c1ccc(CS(C)(=O)=O)o1. The molecular weight excluding hydrogens is 344 g/mol. The van der Waals surface area contributed by atoms with Gasteiger partial charge in [0.15, 0.2) is 15.6 Å². The molecule has 1 amide bonds. The van der Waals surface area contributed by atoms with Crippen molar-refractivity contribution in [2.75, 3.05) is 11.6 Å². The maximum absolute atomic E-state index is 12.3. The number of hydrogen-bond acceptors (Lipinski definition) is 6. The van der Waals surface area contributed by atoms with Gasteiger partial charge in [-0.2, -0.15) is 0 Å². The number of nitrogens with one attached hydrogen (secondary N) is 1. The number of aromatic nitrogens is 1. The Labute approximate surface area is 146 Å². The van der Waals surface area contributed by atoms with E-state index in [1.54, 1.807) is 0 Å². The molecule has 8 heteroatoms. The summed E-state index contributed by atoms with van der Waals surface area (Å²) in [4.78, 5) is 12.3. The van der Waals surface area contributed by atoms with Crippen molar-refractivity contribution in [1.29, 1.82) is 0 Å². The molecule has 0 saturated heterocycles. The van der Waals surface area contributed by atoms with Crippen molar-refractivity contribution in [2.24, 2.45) is 0 Å². The van der Waals surface area contributed by atoms with Crippen molar-refractivity contribution in [3.8, 4) is 0 Å². The number of furan rings is 1. The molecule has 25 heavy (non-hydrogen) atoms. The van der Waals surface area contributed by atoms with E-state index in [9.17, 15) is 13.2 Å². The number of anilines is 1. The number of carbonyl (C=O) groups excluding carboxylic acids is 1. The molecule has 1 saturated carbocycles. The quantitative estimate of drug-likeness (QED) is 0.870. The van der Waals surface area contributed by atoms with E-state index in [0.717, 1.165) is 30.4 Å². The van der Waals surface area contributed by atoms with Gasteiger partial charge in [0.05, 0.1) is 5.69 Å². The highest BCUT2D eigenvalue weighted by atomic mass is 32.2. The first-order valence-electron chi connectivity index (χ1n) is 8.37. The van der Waals surface area contributed by atoms with E-state index < -0.39 is 15.7 Å². The fourth-order valence-electron chi connectivity index (χ4n) is 3.22. The van der Waals surface area contributed by atoms with E-state index in [0.29, 0.717) is 11.8 Å². The van der Waals surface area contributed by atoms with Crippen molar-refractivity contribution in [2.45, 2.75) is 50.7 Å². The van der Waals surface area contributed by atoms with Crippen LogP contribution in [0.15, 0.2) is 21.1 Å². The third-order valence-electron chi connectivity index (χ3n) is 4.47. The first-order chi connectivity index (χ1) is 11.8. The molecule has 1 fully saturated rings. The molecule has 1 aliphatic rings. The predicted octanol–water partition coefficient (Wildman–Crippen LogP) is 3.42. The Bertz CT molecular complexity index is 859. The van der Waals surface area contributed by atoms with Crippen LogP contribution < -0.4 is 5.32 Å². The highest BCUT2D eigenvalue weighted by Gasteiger charge is 2.24. The predicted molar refractivity (Wildman–Crippen MR) is 92.3 cm³/mol. The van der Waals surface area contributed by atoms with Gasteiger partial charge < -0.3 is 8.94 Å². The number of rotatable bonds is 5. The third-order valence-corrected chi connectivity index (χ3v) is 5.28. The summed E-state index contributed by atoms with van der Waals surface area (Å²) in [5, 5.41) is 6.79. The molecule has 3 rings (SSSR count). The van der Waals surface area contributed by atoms with Gasteiger partial charge in [-0.3, -0.25) is 10.1 Å². The molecule has 1 aliphatic carbocycles. The maximum Gasteiger partial charge on any atom is 0.293 e. The van der Waals surface area contributed by atoms with Crippen LogP contribution in [0.25, 0.3) is 0 Å². The van der Waals surface area contributed by atoms with Crippen LogP contribution in [0.2, 0.25) is 0 Å². The molecule has 0 unspecified atom stereocenters. The van der Waals surface area contributed by atoms with Crippen molar-refractivity contribution in [1.82, 2.24) is 5.16 Å². The topological polar surface area (TPSA) is 102 Å². The molecular formula is C17H22N2O5S. The first kappa shape index (κ1) is 17.7. The van der Waals surface area contributed by atoms with Crippen LogP contribution in [-0.4, -0.2) is 25.7 Å². The lowest BCUT2D eigenvalue weighted by molar-refractivity contribution is 0.0992. The summed E-state index contributed by atoms with van der Waals surface area (Å²) in [6, 6.07) is 2.93. The van der Waals surface area contributed by atoms with Crippen LogP contribution in [-0.2, 0) is 15.6 Å². The number of nitrogens with zero attached hydrogens (tertiary/aromatic N) is 1. The minimum absolute atomic E-state index is 0.0358. The first-order valence-corrected chi connectivity index (χ1v) is 10.4. The second-order valence-corrected chi connectivity index (χ2v) is 8.79. The Morgan fingerprint density at radius 2 is 2.00 bits per heavy atom. The number of hydrogen-bond donors (Lipinski definition) is 1. The van der Waals surface area contributed by atoms with Crippen LogP contribution >= 0.6 is 0 Å². The van der Waals surface area contributed by atoms with Crippen molar-refractivity contribution in [3.63, 3.8) is 0 Å². The Kier molecular flexibility index (Phi) is 4.99. The number of amides is 1. The van der Waals surface area contributed by atoms with E-state index in [1.165, 1.54) is 31.4 Å². The summed E-state index contributed by atoms with van der Waals surface area (Å²) in [5.74, 6) is 0.223. The molecule has 0 radical (unpaired) electrons. The smallest absolute Gasteiger partial charge is 0.293 e. The molecule has 136 valence electrons. The highest BCUT2D eigenvalue weighted by Crippen LogP contribution is 2.35. The summed E-state index contributed by atoms with van der Waals surface area (Å²) < 4.78 is 33.2. The fourth-order valence-corrected chi connectivity index (χ4v) is 3.89. The Hall–Kier alpha value is -2.09. The van der Waals surface area contributed by atoms with Crippen molar-refractivity contribution < 1.29 is 22.2 Å². The molecule has 1 N–H and O–H groups in total. The molecule has 2 aromatic heterocycles. The molecule has 0 spiro atoms. The van der Waals surface area contributed by atoms with E-state index in [2.05, 4.69) is 10.5 Å². The Balaban J connectivity index is 1.70. The normalized spacial score (nSPS) is 16.1. The van der Waals surface area contributed by atoms with Gasteiger partial charge in [0.25, 0.3) is 5.91 Å². The fraction of sp³-hybridized carbons (Fsp3) is 0.529. The standard InChI is InChI=1S/C17H22N2O5S/c1-11-15(12-6-4-3-5-7-12)19-24-17(11)18-16(20)14-9-8-13(23-14)10-25(2,21)22/h8-9,12H,3-7,10H2,1-2H3,(H,18,20). The Morgan fingerprint density at radius 1 is 1.28 bits per heavy atom. The summed E-state index contributed by atoms with van der Waals surface area (Å²) in [7, 11) is -3.22. The monoisotopic (exact) mass is 366 g/mol. The van der Waals surface area contributed by atoms with Gasteiger partial charge in [-0.15, -0.1) is 0 Å². The van der Waals surface area contributed by atoms with Gasteiger partial charge in [0.2, 0.25) is 5.88 Å². The lowest BCUT2D eigenvalue weighted by atomic mass is 9.86. The molecule has 2 heterocycles. The van der Waals surface area contributed by atoms with Gasteiger partial charge in [0.1, 0.15) is 11.5 Å². The minimum Gasteiger partial charge on any atom is -0.455 e. The number of sulfone groups is 1. The van der Waals surface area contributed by atoms with E-state index in [1.807, 2.05) is 6.92 Å². The van der Waals surface area contributed by atoms with Crippen LogP contribution in [0.3, 0.4) is 0 Å². The summed E-state index contributed by atoms with van der Waals surface area (Å²) in [5.41, 5.74) is 1.75. The molecule has 0 bridgehead atoms. The average molecular weight is 366 g/mol. The average Bonchev–Trinajstić information content (AvgIpc) is 3.14. The molecule has 0 atom stereocenters. The zero-order valence-corrected chi connectivity index (χ0v) is 15.2. The van der Waals surface area contributed by atoms with Gasteiger partial charge in [-0.25, -0.2) is 8.42 Å². The second-order valence-electron chi connectivity index (χ2n) is 6.65. The van der Waals surface area contributed by atoms with Gasteiger partial charge >= 0.3 is 0 Å². The summed E-state index contributed by atoms with van der Waals surface area (Å²) in [6.07, 6.45) is 6.93. The van der Waals surface area contributed by atoms with Gasteiger partial charge in [-0.1, -0.05) is 24.4 Å². The van der Waals surface area contributed by atoms with Crippen molar-refractivity contribution >= 4 is 21.6 Å². The van der Waals surface area contributed by atoms with Crippen LogP contribution in [0.1, 0.15) is 65.6 Å². The van der Waals surface area contributed by atoms with Gasteiger partial charge in [0, 0.05) is 17.7 Å². The molecule has 2 aromatic rings. The van der Waals surface area contributed by atoms with Gasteiger partial charge in [-0.05, 0) is 31.9 Å². The Morgan fingerprint density at radius 3 is 2.68 bits per heavy atom. The summed E-state index contributed by atoms with van der Waals surface area (Å²) in [6.45, 7) is 1.88.